The van der Waals surface area contributed by atoms with Crippen LogP contribution >= 0.6 is 0 Å². The van der Waals surface area contributed by atoms with Crippen LogP contribution in [0.15, 0.2) is 59.2 Å². The number of ether oxygens (including phenoxy) is 2. The zero-order chi connectivity index (χ0) is 20.1. The molecule has 0 saturated heterocycles. The Morgan fingerprint density at radius 2 is 1.82 bits per heavy atom. The fourth-order valence-corrected chi connectivity index (χ4v) is 2.59. The van der Waals surface area contributed by atoms with Crippen LogP contribution in [0.3, 0.4) is 0 Å². The van der Waals surface area contributed by atoms with Gasteiger partial charge in [0.2, 0.25) is 5.89 Å². The third-order valence-electron chi connectivity index (χ3n) is 4.14. The molecule has 2 aromatic carbocycles. The number of methoxy groups -OCH3 is 1. The standard InChI is InChI=1S/C21H20N2O5/c1-14-8-10-15(11-9-14)19-22-16(12-27-19)13-28-20(24)17-6-4-5-7-18(17)23(2)21(25)26-3/h4-12H,13H2,1-3H3. The SMILES string of the molecule is COC(=O)N(C)c1ccccc1C(=O)OCc1coc(-c2ccc(C)cc2)n1. The summed E-state index contributed by atoms with van der Waals surface area (Å²) in [5.74, 6) is -0.122. The molecule has 28 heavy (non-hydrogen) atoms. The molecule has 7 heteroatoms. The Labute approximate surface area is 162 Å². The summed E-state index contributed by atoms with van der Waals surface area (Å²) in [6, 6.07) is 14.4. The number of amides is 1. The zero-order valence-corrected chi connectivity index (χ0v) is 15.8. The lowest BCUT2D eigenvalue weighted by Gasteiger charge is -2.18. The highest BCUT2D eigenvalue weighted by atomic mass is 16.5. The van der Waals surface area contributed by atoms with Gasteiger partial charge in [0.15, 0.2) is 0 Å². The van der Waals surface area contributed by atoms with Gasteiger partial charge in [0.1, 0.15) is 18.6 Å². The Balaban J connectivity index is 1.70. The molecule has 0 unspecified atom stereocenters. The van der Waals surface area contributed by atoms with Crippen LogP contribution in [-0.4, -0.2) is 31.2 Å². The van der Waals surface area contributed by atoms with Gasteiger partial charge in [-0.05, 0) is 31.2 Å². The second-order valence-corrected chi connectivity index (χ2v) is 6.13. The highest BCUT2D eigenvalue weighted by Gasteiger charge is 2.20. The van der Waals surface area contributed by atoms with Crippen molar-refractivity contribution in [1.29, 1.82) is 0 Å². The third kappa shape index (κ3) is 4.20. The van der Waals surface area contributed by atoms with Gasteiger partial charge in [-0.2, -0.15) is 0 Å². The number of hydrogen-bond donors (Lipinski definition) is 0. The van der Waals surface area contributed by atoms with E-state index in [2.05, 4.69) is 4.98 Å². The minimum Gasteiger partial charge on any atom is -0.455 e. The number of carbonyl (C=O) groups is 2. The van der Waals surface area contributed by atoms with Crippen LogP contribution in [-0.2, 0) is 16.1 Å². The predicted octanol–water partition coefficient (Wildman–Crippen LogP) is 4.21. The van der Waals surface area contributed by atoms with Crippen LogP contribution in [0.25, 0.3) is 11.5 Å². The average Bonchev–Trinajstić information content (AvgIpc) is 3.20. The molecule has 0 spiro atoms. The molecule has 0 atom stereocenters. The Hall–Kier alpha value is -3.61. The monoisotopic (exact) mass is 380 g/mol. The van der Waals surface area contributed by atoms with Crippen molar-refractivity contribution in [3.05, 3.63) is 71.6 Å². The second kappa shape index (κ2) is 8.39. The molecular weight excluding hydrogens is 360 g/mol. The van der Waals surface area contributed by atoms with Crippen LogP contribution in [0.5, 0.6) is 0 Å². The Morgan fingerprint density at radius 3 is 2.54 bits per heavy atom. The number of nitrogens with zero attached hydrogens (tertiary/aromatic N) is 2. The highest BCUT2D eigenvalue weighted by molar-refractivity contribution is 6.00. The van der Waals surface area contributed by atoms with Crippen molar-refractivity contribution in [2.45, 2.75) is 13.5 Å². The van der Waals surface area contributed by atoms with Gasteiger partial charge in [-0.3, -0.25) is 4.90 Å². The number of aryl methyl sites for hydroxylation is 1. The van der Waals surface area contributed by atoms with Gasteiger partial charge in [-0.1, -0.05) is 29.8 Å². The second-order valence-electron chi connectivity index (χ2n) is 6.13. The number of oxazole rings is 1. The predicted molar refractivity (Wildman–Crippen MR) is 103 cm³/mol. The minimum atomic E-state index is -0.584. The maximum Gasteiger partial charge on any atom is 0.413 e. The molecule has 1 aromatic heterocycles. The van der Waals surface area contributed by atoms with Gasteiger partial charge >= 0.3 is 12.1 Å². The summed E-state index contributed by atoms with van der Waals surface area (Å²) >= 11 is 0. The van der Waals surface area contributed by atoms with Crippen molar-refractivity contribution >= 4 is 17.7 Å². The van der Waals surface area contributed by atoms with Gasteiger partial charge in [-0.15, -0.1) is 0 Å². The van der Waals surface area contributed by atoms with E-state index in [0.717, 1.165) is 11.1 Å². The summed E-state index contributed by atoms with van der Waals surface area (Å²) in [6.07, 6.45) is 0.870. The maximum atomic E-state index is 12.5. The van der Waals surface area contributed by atoms with E-state index in [1.165, 1.54) is 25.3 Å². The first-order valence-corrected chi connectivity index (χ1v) is 8.59. The first-order valence-electron chi connectivity index (χ1n) is 8.59. The number of para-hydroxylation sites is 1. The summed E-state index contributed by atoms with van der Waals surface area (Å²) in [7, 11) is 2.79. The normalized spacial score (nSPS) is 10.4. The molecule has 144 valence electrons. The van der Waals surface area contributed by atoms with Crippen molar-refractivity contribution in [3.8, 4) is 11.5 Å². The van der Waals surface area contributed by atoms with E-state index in [4.69, 9.17) is 13.9 Å². The molecule has 0 aliphatic rings. The smallest absolute Gasteiger partial charge is 0.413 e. The Kier molecular flexibility index (Phi) is 5.74. The van der Waals surface area contributed by atoms with E-state index in [-0.39, 0.29) is 12.2 Å². The van der Waals surface area contributed by atoms with E-state index in [9.17, 15) is 9.59 Å². The van der Waals surface area contributed by atoms with Gasteiger partial charge in [0, 0.05) is 12.6 Å². The number of aromatic nitrogens is 1. The molecule has 0 aliphatic heterocycles. The number of benzene rings is 2. The summed E-state index contributed by atoms with van der Waals surface area (Å²) in [5, 5.41) is 0. The molecule has 3 rings (SSSR count). The van der Waals surface area contributed by atoms with Crippen LogP contribution in [0, 0.1) is 6.92 Å². The molecule has 0 saturated carbocycles. The number of hydrogen-bond acceptors (Lipinski definition) is 6. The van der Waals surface area contributed by atoms with Crippen LogP contribution in [0.2, 0.25) is 0 Å². The molecule has 0 N–H and O–H groups in total. The summed E-state index contributed by atoms with van der Waals surface area (Å²) < 4.78 is 15.5. The van der Waals surface area contributed by atoms with Crippen molar-refractivity contribution in [2.24, 2.45) is 0 Å². The van der Waals surface area contributed by atoms with E-state index in [1.807, 2.05) is 31.2 Å². The summed E-state index contributed by atoms with van der Waals surface area (Å²) in [6.45, 7) is 1.95. The highest BCUT2D eigenvalue weighted by Crippen LogP contribution is 2.22. The molecule has 1 heterocycles. The van der Waals surface area contributed by atoms with Crippen molar-refractivity contribution < 1.29 is 23.5 Å². The van der Waals surface area contributed by atoms with Crippen molar-refractivity contribution in [2.75, 3.05) is 19.1 Å². The topological polar surface area (TPSA) is 81.9 Å². The quantitative estimate of drug-likeness (QED) is 0.617. The van der Waals surface area contributed by atoms with Crippen LogP contribution in [0.4, 0.5) is 10.5 Å². The molecule has 0 bridgehead atoms. The number of esters is 1. The summed E-state index contributed by atoms with van der Waals surface area (Å²) in [5.41, 5.74) is 3.11. The minimum absolute atomic E-state index is 0.0511. The first kappa shape index (κ1) is 19.2. The lowest BCUT2D eigenvalue weighted by Crippen LogP contribution is -2.27. The number of anilines is 1. The van der Waals surface area contributed by atoms with E-state index in [0.29, 0.717) is 17.3 Å². The third-order valence-corrected chi connectivity index (χ3v) is 4.14. The van der Waals surface area contributed by atoms with Crippen molar-refractivity contribution in [1.82, 2.24) is 4.98 Å². The molecule has 0 fully saturated rings. The lowest BCUT2D eigenvalue weighted by atomic mass is 10.1. The molecule has 0 aliphatic carbocycles. The first-order chi connectivity index (χ1) is 13.5. The molecule has 7 nitrogen and oxygen atoms in total. The van der Waals surface area contributed by atoms with Crippen molar-refractivity contribution in [3.63, 3.8) is 0 Å². The van der Waals surface area contributed by atoms with Gasteiger partial charge in [0.25, 0.3) is 0 Å². The maximum absolute atomic E-state index is 12.5. The van der Waals surface area contributed by atoms with E-state index in [1.54, 1.807) is 24.3 Å². The molecular formula is C21H20N2O5. The number of carbonyl (C=O) groups excluding carboxylic acids is 2. The Morgan fingerprint density at radius 1 is 1.11 bits per heavy atom. The van der Waals surface area contributed by atoms with E-state index >= 15 is 0 Å². The van der Waals surface area contributed by atoms with Gasteiger partial charge in [-0.25, -0.2) is 14.6 Å². The fraction of sp³-hybridized carbons (Fsp3) is 0.190. The fourth-order valence-electron chi connectivity index (χ4n) is 2.59. The van der Waals surface area contributed by atoms with Gasteiger partial charge in [0.05, 0.1) is 18.4 Å². The van der Waals surface area contributed by atoms with Crippen LogP contribution < -0.4 is 4.90 Å². The van der Waals surface area contributed by atoms with Crippen LogP contribution in [0.1, 0.15) is 21.6 Å². The number of rotatable bonds is 5. The zero-order valence-electron chi connectivity index (χ0n) is 15.8. The molecule has 3 aromatic rings. The molecule has 1 amide bonds. The largest absolute Gasteiger partial charge is 0.455 e. The Bertz CT molecular complexity index is 978. The molecule has 0 radical (unpaired) electrons. The summed E-state index contributed by atoms with van der Waals surface area (Å²) in [4.78, 5) is 29.8. The lowest BCUT2D eigenvalue weighted by molar-refractivity contribution is 0.0468. The van der Waals surface area contributed by atoms with Gasteiger partial charge < -0.3 is 13.9 Å². The average molecular weight is 380 g/mol. The van der Waals surface area contributed by atoms with E-state index < -0.39 is 12.1 Å².